The summed E-state index contributed by atoms with van der Waals surface area (Å²) in [6.45, 7) is 8.69. The third-order valence-corrected chi connectivity index (χ3v) is 3.82. The van der Waals surface area contributed by atoms with Gasteiger partial charge in [-0.05, 0) is 39.3 Å². The van der Waals surface area contributed by atoms with Gasteiger partial charge in [0, 0.05) is 17.8 Å². The molecule has 1 aromatic heterocycles. The highest BCUT2D eigenvalue weighted by Gasteiger charge is 2.10. The number of hydrogen-bond acceptors (Lipinski definition) is 3. The Labute approximate surface area is 126 Å². The summed E-state index contributed by atoms with van der Waals surface area (Å²) in [5, 5.41) is 17.0. The molecule has 0 atom stereocenters. The van der Waals surface area contributed by atoms with E-state index in [4.69, 9.17) is 5.11 Å². The van der Waals surface area contributed by atoms with Crippen molar-refractivity contribution in [1.82, 2.24) is 15.1 Å². The third-order valence-electron chi connectivity index (χ3n) is 3.82. The molecule has 0 radical (unpaired) electrons. The minimum Gasteiger partial charge on any atom is -0.394 e. The van der Waals surface area contributed by atoms with Crippen molar-refractivity contribution in [1.29, 1.82) is 0 Å². The quantitative estimate of drug-likeness (QED) is 0.767. The highest BCUT2D eigenvalue weighted by molar-refractivity contribution is 5.25. The molecule has 0 saturated carbocycles. The monoisotopic (exact) mass is 287 g/mol. The lowest BCUT2D eigenvalue weighted by Crippen LogP contribution is -2.17. The molecule has 0 spiro atoms. The molecule has 2 aromatic rings. The molecule has 21 heavy (non-hydrogen) atoms. The Morgan fingerprint density at radius 3 is 2.76 bits per heavy atom. The number of rotatable bonds is 7. The molecule has 4 heteroatoms. The average molecular weight is 287 g/mol. The zero-order chi connectivity index (χ0) is 15.2. The number of benzene rings is 1. The van der Waals surface area contributed by atoms with E-state index in [9.17, 15) is 0 Å². The second kappa shape index (κ2) is 7.38. The molecule has 4 nitrogen and oxygen atoms in total. The average Bonchev–Trinajstić information content (AvgIpc) is 2.71. The standard InChI is InChI=1S/C17H25N3O/c1-13-5-4-6-16(11-13)7-8-18-12-17-14(2)19-20(9-10-21)15(17)3/h4-6,11,18,21H,7-10,12H2,1-3H3. The van der Waals surface area contributed by atoms with Gasteiger partial charge in [-0.2, -0.15) is 5.10 Å². The van der Waals surface area contributed by atoms with Crippen LogP contribution in [0.1, 0.15) is 28.1 Å². The predicted molar refractivity (Wildman–Crippen MR) is 85.4 cm³/mol. The van der Waals surface area contributed by atoms with Crippen molar-refractivity contribution in [3.05, 3.63) is 52.3 Å². The van der Waals surface area contributed by atoms with Gasteiger partial charge >= 0.3 is 0 Å². The molecule has 0 aliphatic heterocycles. The normalized spacial score (nSPS) is 11.0. The van der Waals surface area contributed by atoms with E-state index in [0.29, 0.717) is 6.54 Å². The largest absolute Gasteiger partial charge is 0.394 e. The summed E-state index contributed by atoms with van der Waals surface area (Å²) < 4.78 is 1.88. The van der Waals surface area contributed by atoms with E-state index in [1.165, 1.54) is 16.7 Å². The molecule has 0 aliphatic carbocycles. The first-order valence-corrected chi connectivity index (χ1v) is 7.52. The smallest absolute Gasteiger partial charge is 0.0644 e. The minimum absolute atomic E-state index is 0.127. The second-order valence-corrected chi connectivity index (χ2v) is 5.51. The number of nitrogens with zero attached hydrogens (tertiary/aromatic N) is 2. The van der Waals surface area contributed by atoms with E-state index < -0.39 is 0 Å². The van der Waals surface area contributed by atoms with E-state index >= 15 is 0 Å². The summed E-state index contributed by atoms with van der Waals surface area (Å²) in [7, 11) is 0. The van der Waals surface area contributed by atoms with Gasteiger partial charge < -0.3 is 10.4 Å². The number of hydrogen-bond donors (Lipinski definition) is 2. The summed E-state index contributed by atoms with van der Waals surface area (Å²) in [4.78, 5) is 0. The SMILES string of the molecule is Cc1cccc(CCNCc2c(C)nn(CCO)c2C)c1. The first-order valence-electron chi connectivity index (χ1n) is 7.52. The van der Waals surface area contributed by atoms with Crippen molar-refractivity contribution >= 4 is 0 Å². The van der Waals surface area contributed by atoms with Crippen LogP contribution >= 0.6 is 0 Å². The molecular weight excluding hydrogens is 262 g/mol. The number of aliphatic hydroxyl groups is 1. The minimum atomic E-state index is 0.127. The summed E-state index contributed by atoms with van der Waals surface area (Å²) in [5.74, 6) is 0. The van der Waals surface area contributed by atoms with Crippen LogP contribution < -0.4 is 5.32 Å². The zero-order valence-electron chi connectivity index (χ0n) is 13.2. The maximum absolute atomic E-state index is 9.03. The Kier molecular flexibility index (Phi) is 5.53. The van der Waals surface area contributed by atoms with E-state index in [-0.39, 0.29) is 6.61 Å². The molecule has 0 bridgehead atoms. The van der Waals surface area contributed by atoms with Crippen LogP contribution in [0.3, 0.4) is 0 Å². The Hall–Kier alpha value is -1.65. The fraction of sp³-hybridized carbons (Fsp3) is 0.471. The first kappa shape index (κ1) is 15.7. The van der Waals surface area contributed by atoms with Gasteiger partial charge in [0.1, 0.15) is 0 Å². The van der Waals surface area contributed by atoms with Crippen LogP contribution in [0.2, 0.25) is 0 Å². The molecule has 0 amide bonds. The van der Waals surface area contributed by atoms with Crippen LogP contribution in [-0.2, 0) is 19.5 Å². The molecular formula is C17H25N3O. The third kappa shape index (κ3) is 4.16. The van der Waals surface area contributed by atoms with Gasteiger partial charge in [-0.15, -0.1) is 0 Å². The van der Waals surface area contributed by atoms with Gasteiger partial charge in [0.15, 0.2) is 0 Å². The maximum Gasteiger partial charge on any atom is 0.0644 e. The van der Waals surface area contributed by atoms with Gasteiger partial charge in [-0.1, -0.05) is 29.8 Å². The second-order valence-electron chi connectivity index (χ2n) is 5.51. The molecule has 0 fully saturated rings. The van der Waals surface area contributed by atoms with Crippen molar-refractivity contribution < 1.29 is 5.11 Å². The number of aliphatic hydroxyl groups excluding tert-OH is 1. The highest BCUT2D eigenvalue weighted by Crippen LogP contribution is 2.12. The Balaban J connectivity index is 1.86. The maximum atomic E-state index is 9.03. The zero-order valence-corrected chi connectivity index (χ0v) is 13.2. The van der Waals surface area contributed by atoms with E-state index in [0.717, 1.165) is 30.9 Å². The molecule has 2 rings (SSSR count). The molecule has 0 aliphatic rings. The van der Waals surface area contributed by atoms with Gasteiger partial charge in [0.25, 0.3) is 0 Å². The lowest BCUT2D eigenvalue weighted by atomic mass is 10.1. The Bertz CT molecular complexity index is 590. The van der Waals surface area contributed by atoms with Gasteiger partial charge in [-0.25, -0.2) is 0 Å². The fourth-order valence-corrected chi connectivity index (χ4v) is 2.62. The number of aryl methyl sites for hydroxylation is 2. The summed E-state index contributed by atoms with van der Waals surface area (Å²) in [5.41, 5.74) is 6.11. The van der Waals surface area contributed by atoms with Crippen LogP contribution in [0.4, 0.5) is 0 Å². The molecule has 2 N–H and O–H groups in total. The first-order chi connectivity index (χ1) is 10.1. The number of aromatic nitrogens is 2. The molecule has 114 valence electrons. The molecule has 1 heterocycles. The van der Waals surface area contributed by atoms with Crippen molar-refractivity contribution in [3.8, 4) is 0 Å². The van der Waals surface area contributed by atoms with Crippen LogP contribution in [0.5, 0.6) is 0 Å². The lowest BCUT2D eigenvalue weighted by molar-refractivity contribution is 0.267. The molecule has 0 unspecified atom stereocenters. The topological polar surface area (TPSA) is 50.1 Å². The van der Waals surface area contributed by atoms with Crippen molar-refractivity contribution in [3.63, 3.8) is 0 Å². The van der Waals surface area contributed by atoms with Crippen LogP contribution in [0.25, 0.3) is 0 Å². The predicted octanol–water partition coefficient (Wildman–Crippen LogP) is 2.13. The molecule has 1 aromatic carbocycles. The Morgan fingerprint density at radius 1 is 1.24 bits per heavy atom. The van der Waals surface area contributed by atoms with Crippen LogP contribution in [-0.4, -0.2) is 28.0 Å². The van der Waals surface area contributed by atoms with Crippen molar-refractivity contribution in [2.45, 2.75) is 40.3 Å². The van der Waals surface area contributed by atoms with Gasteiger partial charge in [-0.3, -0.25) is 4.68 Å². The number of nitrogens with one attached hydrogen (secondary N) is 1. The summed E-state index contributed by atoms with van der Waals surface area (Å²) in [6.07, 6.45) is 1.03. The van der Waals surface area contributed by atoms with Crippen LogP contribution in [0, 0.1) is 20.8 Å². The van der Waals surface area contributed by atoms with Gasteiger partial charge in [0.2, 0.25) is 0 Å². The van der Waals surface area contributed by atoms with Crippen molar-refractivity contribution in [2.75, 3.05) is 13.2 Å². The summed E-state index contributed by atoms with van der Waals surface area (Å²) >= 11 is 0. The van der Waals surface area contributed by atoms with Crippen LogP contribution in [0.15, 0.2) is 24.3 Å². The van der Waals surface area contributed by atoms with Crippen molar-refractivity contribution in [2.24, 2.45) is 0 Å². The van der Waals surface area contributed by atoms with E-state index in [2.05, 4.69) is 48.5 Å². The Morgan fingerprint density at radius 2 is 2.05 bits per heavy atom. The van der Waals surface area contributed by atoms with E-state index in [1.54, 1.807) is 0 Å². The fourth-order valence-electron chi connectivity index (χ4n) is 2.62. The summed E-state index contributed by atoms with van der Waals surface area (Å²) in [6, 6.07) is 8.64. The highest BCUT2D eigenvalue weighted by atomic mass is 16.3. The molecule has 0 saturated heterocycles. The van der Waals surface area contributed by atoms with E-state index in [1.807, 2.05) is 11.6 Å². The lowest BCUT2D eigenvalue weighted by Gasteiger charge is -2.07. The van der Waals surface area contributed by atoms with Gasteiger partial charge in [0.05, 0.1) is 18.8 Å².